The predicted molar refractivity (Wildman–Crippen MR) is 73.5 cm³/mol. The van der Waals surface area contributed by atoms with Crippen LogP contribution in [0.25, 0.3) is 0 Å². The molecule has 2 N–H and O–H groups in total. The average Bonchev–Trinajstić information content (AvgIpc) is 2.36. The molecule has 0 fully saturated rings. The maximum Gasteiger partial charge on any atom is 0.122 e. The Kier molecular flexibility index (Phi) is 7.48. The first-order valence-electron chi connectivity index (χ1n) is 6.79. The lowest BCUT2D eigenvalue weighted by Gasteiger charge is -2.10. The summed E-state index contributed by atoms with van der Waals surface area (Å²) in [6, 6.07) is 8.20. The summed E-state index contributed by atoms with van der Waals surface area (Å²) < 4.78 is 5.81. The van der Waals surface area contributed by atoms with E-state index in [0.717, 1.165) is 25.2 Å². The molecule has 0 aliphatic rings. The number of rotatable bonds is 9. The third kappa shape index (κ3) is 5.73. The van der Waals surface area contributed by atoms with Gasteiger partial charge in [-0.15, -0.1) is 0 Å². The molecule has 0 unspecified atom stereocenters. The van der Waals surface area contributed by atoms with Gasteiger partial charge in [0.25, 0.3) is 0 Å². The van der Waals surface area contributed by atoms with Crippen molar-refractivity contribution in [2.75, 3.05) is 13.2 Å². The third-order valence-corrected chi connectivity index (χ3v) is 2.89. The van der Waals surface area contributed by atoms with Gasteiger partial charge in [0.1, 0.15) is 5.75 Å². The van der Waals surface area contributed by atoms with Gasteiger partial charge in [0.15, 0.2) is 0 Å². The molecule has 0 saturated carbocycles. The first-order chi connectivity index (χ1) is 8.38. The molecule has 0 spiro atoms. The summed E-state index contributed by atoms with van der Waals surface area (Å²) in [5, 5.41) is 0. The number of benzene rings is 1. The molecule has 0 radical (unpaired) electrons. The zero-order chi connectivity index (χ0) is 12.3. The summed E-state index contributed by atoms with van der Waals surface area (Å²) in [5.74, 6) is 1.01. The van der Waals surface area contributed by atoms with E-state index >= 15 is 0 Å². The van der Waals surface area contributed by atoms with Gasteiger partial charge in [-0.2, -0.15) is 0 Å². The van der Waals surface area contributed by atoms with Crippen LogP contribution in [-0.4, -0.2) is 13.2 Å². The van der Waals surface area contributed by atoms with Gasteiger partial charge < -0.3 is 10.5 Å². The number of ether oxygens (including phenoxy) is 1. The van der Waals surface area contributed by atoms with E-state index in [9.17, 15) is 0 Å². The van der Waals surface area contributed by atoms with E-state index in [-0.39, 0.29) is 0 Å². The van der Waals surface area contributed by atoms with E-state index in [0.29, 0.717) is 6.54 Å². The minimum Gasteiger partial charge on any atom is -0.493 e. The van der Waals surface area contributed by atoms with Crippen molar-refractivity contribution in [3.63, 3.8) is 0 Å². The van der Waals surface area contributed by atoms with Crippen molar-refractivity contribution in [1.29, 1.82) is 0 Å². The number of unbranched alkanes of at least 4 members (excludes halogenated alkanes) is 4. The molecule has 0 saturated heterocycles. The Labute approximate surface area is 105 Å². The molecule has 0 heterocycles. The van der Waals surface area contributed by atoms with Crippen LogP contribution in [0.5, 0.6) is 5.75 Å². The van der Waals surface area contributed by atoms with Gasteiger partial charge in [0.05, 0.1) is 6.61 Å². The molecule has 0 bridgehead atoms. The van der Waals surface area contributed by atoms with Gasteiger partial charge in [-0.05, 0) is 31.0 Å². The van der Waals surface area contributed by atoms with E-state index < -0.39 is 0 Å². The topological polar surface area (TPSA) is 35.2 Å². The number of nitrogens with two attached hydrogens (primary N) is 1. The fraction of sp³-hybridized carbons (Fsp3) is 0.600. The predicted octanol–water partition coefficient (Wildman–Crippen LogP) is 3.54. The molecule has 1 rings (SSSR count). The number of hydrogen-bond donors (Lipinski definition) is 1. The Balaban J connectivity index is 2.25. The molecule has 96 valence electrons. The Hall–Kier alpha value is -1.02. The molecule has 0 aromatic heterocycles. The Morgan fingerprint density at radius 2 is 1.82 bits per heavy atom. The van der Waals surface area contributed by atoms with Crippen molar-refractivity contribution in [2.24, 2.45) is 5.73 Å². The molecule has 0 aliphatic heterocycles. The summed E-state index contributed by atoms with van der Waals surface area (Å²) >= 11 is 0. The SMILES string of the molecule is CCCCCCCOc1ccccc1CCN. The maximum atomic E-state index is 5.81. The van der Waals surface area contributed by atoms with Crippen LogP contribution in [0.1, 0.15) is 44.6 Å². The third-order valence-electron chi connectivity index (χ3n) is 2.89. The van der Waals surface area contributed by atoms with Gasteiger partial charge in [-0.1, -0.05) is 50.8 Å². The largest absolute Gasteiger partial charge is 0.493 e. The first-order valence-corrected chi connectivity index (χ1v) is 6.79. The van der Waals surface area contributed by atoms with E-state index in [1.165, 1.54) is 31.2 Å². The van der Waals surface area contributed by atoms with Crippen molar-refractivity contribution >= 4 is 0 Å². The minimum atomic E-state index is 0.677. The fourth-order valence-corrected chi connectivity index (χ4v) is 1.89. The second kappa shape index (κ2) is 9.06. The van der Waals surface area contributed by atoms with Crippen LogP contribution in [0.4, 0.5) is 0 Å². The Morgan fingerprint density at radius 3 is 2.59 bits per heavy atom. The van der Waals surface area contributed by atoms with Gasteiger partial charge in [-0.3, -0.25) is 0 Å². The number of para-hydroxylation sites is 1. The monoisotopic (exact) mass is 235 g/mol. The van der Waals surface area contributed by atoms with Crippen molar-refractivity contribution < 1.29 is 4.74 Å². The quantitative estimate of drug-likeness (QED) is 0.664. The molecule has 0 amide bonds. The van der Waals surface area contributed by atoms with Gasteiger partial charge in [0, 0.05) is 0 Å². The molecule has 0 atom stereocenters. The summed E-state index contributed by atoms with van der Waals surface area (Å²) in [4.78, 5) is 0. The highest BCUT2D eigenvalue weighted by atomic mass is 16.5. The smallest absolute Gasteiger partial charge is 0.122 e. The average molecular weight is 235 g/mol. The van der Waals surface area contributed by atoms with E-state index in [2.05, 4.69) is 13.0 Å². The molecule has 1 aromatic carbocycles. The zero-order valence-electron chi connectivity index (χ0n) is 11.0. The van der Waals surface area contributed by atoms with Crippen LogP contribution in [-0.2, 0) is 6.42 Å². The number of hydrogen-bond acceptors (Lipinski definition) is 2. The molecular weight excluding hydrogens is 210 g/mol. The molecule has 2 heteroatoms. The highest BCUT2D eigenvalue weighted by Crippen LogP contribution is 2.18. The van der Waals surface area contributed by atoms with Crippen LogP contribution >= 0.6 is 0 Å². The summed E-state index contributed by atoms with van der Waals surface area (Å²) in [7, 11) is 0. The molecule has 1 aromatic rings. The van der Waals surface area contributed by atoms with E-state index in [4.69, 9.17) is 10.5 Å². The minimum absolute atomic E-state index is 0.677. The van der Waals surface area contributed by atoms with Crippen molar-refractivity contribution in [2.45, 2.75) is 45.4 Å². The summed E-state index contributed by atoms with van der Waals surface area (Å²) in [6.07, 6.45) is 7.27. The van der Waals surface area contributed by atoms with Crippen LogP contribution in [0.3, 0.4) is 0 Å². The van der Waals surface area contributed by atoms with E-state index in [1.807, 2.05) is 18.2 Å². The highest BCUT2D eigenvalue weighted by molar-refractivity contribution is 5.33. The lowest BCUT2D eigenvalue weighted by atomic mass is 10.1. The second-order valence-electron chi connectivity index (χ2n) is 4.41. The van der Waals surface area contributed by atoms with E-state index in [1.54, 1.807) is 0 Å². The first kappa shape index (κ1) is 14.0. The van der Waals surface area contributed by atoms with Crippen molar-refractivity contribution in [3.05, 3.63) is 29.8 Å². The lowest BCUT2D eigenvalue weighted by Crippen LogP contribution is -2.06. The van der Waals surface area contributed by atoms with Crippen LogP contribution < -0.4 is 10.5 Å². The van der Waals surface area contributed by atoms with Crippen LogP contribution in [0, 0.1) is 0 Å². The van der Waals surface area contributed by atoms with Gasteiger partial charge in [-0.25, -0.2) is 0 Å². The maximum absolute atomic E-state index is 5.81. The lowest BCUT2D eigenvalue weighted by molar-refractivity contribution is 0.301. The zero-order valence-corrected chi connectivity index (χ0v) is 11.0. The van der Waals surface area contributed by atoms with Gasteiger partial charge in [0.2, 0.25) is 0 Å². The summed E-state index contributed by atoms with van der Waals surface area (Å²) in [6.45, 7) is 3.74. The standard InChI is InChI=1S/C15H25NO/c1-2-3-4-5-8-13-17-15-10-7-6-9-14(15)11-12-16/h6-7,9-10H,2-5,8,11-13,16H2,1H3. The normalized spacial score (nSPS) is 10.5. The van der Waals surface area contributed by atoms with Gasteiger partial charge >= 0.3 is 0 Å². The Bertz CT molecular complexity index is 299. The fourth-order valence-electron chi connectivity index (χ4n) is 1.89. The second-order valence-corrected chi connectivity index (χ2v) is 4.41. The molecule has 0 aliphatic carbocycles. The summed E-state index contributed by atoms with van der Waals surface area (Å²) in [5.41, 5.74) is 6.81. The Morgan fingerprint density at radius 1 is 1.06 bits per heavy atom. The van der Waals surface area contributed by atoms with Crippen molar-refractivity contribution in [1.82, 2.24) is 0 Å². The molecule has 2 nitrogen and oxygen atoms in total. The molecule has 17 heavy (non-hydrogen) atoms. The molecular formula is C15H25NO. The highest BCUT2D eigenvalue weighted by Gasteiger charge is 2.01. The van der Waals surface area contributed by atoms with Crippen LogP contribution in [0.2, 0.25) is 0 Å². The van der Waals surface area contributed by atoms with Crippen LogP contribution in [0.15, 0.2) is 24.3 Å². The van der Waals surface area contributed by atoms with Crippen molar-refractivity contribution in [3.8, 4) is 5.75 Å².